The van der Waals surface area contributed by atoms with Crippen LogP contribution in [0.2, 0.25) is 0 Å². The lowest BCUT2D eigenvalue weighted by molar-refractivity contribution is -0.122. The molecule has 140 valence electrons. The van der Waals surface area contributed by atoms with Crippen molar-refractivity contribution >= 4 is 29.9 Å². The van der Waals surface area contributed by atoms with Gasteiger partial charge in [0.25, 0.3) is 5.91 Å². The molecule has 25 heavy (non-hydrogen) atoms. The number of carbonyl (C=O) groups is 2. The number of carbonyl (C=O) groups excluding carboxylic acids is 2. The van der Waals surface area contributed by atoms with Crippen molar-refractivity contribution in [3.05, 3.63) is 24.3 Å². The van der Waals surface area contributed by atoms with Crippen LogP contribution in [-0.2, 0) is 9.59 Å². The molecule has 1 aromatic rings. The summed E-state index contributed by atoms with van der Waals surface area (Å²) in [5.41, 5.74) is 0.737. The van der Waals surface area contributed by atoms with Gasteiger partial charge >= 0.3 is 0 Å². The van der Waals surface area contributed by atoms with Gasteiger partial charge in [0, 0.05) is 19.2 Å². The molecule has 2 amide bonds. The van der Waals surface area contributed by atoms with E-state index in [4.69, 9.17) is 4.74 Å². The molecule has 0 spiro atoms. The molecule has 1 fully saturated rings. The summed E-state index contributed by atoms with van der Waals surface area (Å²) >= 11 is 0. The minimum absolute atomic E-state index is 0. The molecule has 1 aliphatic rings. The molecule has 1 aromatic carbocycles. The molecular weight excluding hydrogens is 342 g/mol. The van der Waals surface area contributed by atoms with Gasteiger partial charge in [-0.15, -0.1) is 12.4 Å². The van der Waals surface area contributed by atoms with Crippen LogP contribution in [-0.4, -0.2) is 38.6 Å². The molecule has 0 aromatic heterocycles. The molecule has 0 saturated carbocycles. The van der Waals surface area contributed by atoms with Crippen LogP contribution in [0.3, 0.4) is 0 Å². The summed E-state index contributed by atoms with van der Waals surface area (Å²) < 4.78 is 5.33. The molecule has 6 nitrogen and oxygen atoms in total. The zero-order valence-electron chi connectivity index (χ0n) is 14.8. The zero-order valence-corrected chi connectivity index (χ0v) is 15.7. The number of piperidine rings is 1. The number of anilines is 1. The van der Waals surface area contributed by atoms with Gasteiger partial charge < -0.3 is 20.7 Å². The summed E-state index contributed by atoms with van der Waals surface area (Å²) in [6, 6.07) is 7.05. The molecule has 0 aliphatic carbocycles. The Kier molecular flexibility index (Phi) is 9.31. The van der Waals surface area contributed by atoms with Crippen molar-refractivity contribution in [2.24, 2.45) is 11.8 Å². The van der Waals surface area contributed by atoms with Crippen LogP contribution in [0.1, 0.15) is 26.2 Å². The van der Waals surface area contributed by atoms with E-state index in [9.17, 15) is 9.59 Å². The van der Waals surface area contributed by atoms with Crippen LogP contribution in [0.4, 0.5) is 5.69 Å². The van der Waals surface area contributed by atoms with Crippen molar-refractivity contribution in [1.29, 1.82) is 0 Å². The summed E-state index contributed by atoms with van der Waals surface area (Å²) in [5.74, 6) is 1.39. The van der Waals surface area contributed by atoms with Gasteiger partial charge in [-0.1, -0.05) is 6.92 Å². The Labute approximate surface area is 155 Å². The Morgan fingerprint density at radius 3 is 2.60 bits per heavy atom. The second kappa shape index (κ2) is 10.9. The van der Waals surface area contributed by atoms with Crippen LogP contribution >= 0.6 is 12.4 Å². The summed E-state index contributed by atoms with van der Waals surface area (Å²) in [6.07, 6.45) is 2.91. The molecule has 2 rings (SSSR count). The minimum atomic E-state index is -0.182. The third-order valence-electron chi connectivity index (χ3n) is 4.43. The van der Waals surface area contributed by atoms with Crippen LogP contribution in [0, 0.1) is 11.8 Å². The Morgan fingerprint density at radius 1 is 1.28 bits per heavy atom. The third-order valence-corrected chi connectivity index (χ3v) is 4.43. The highest BCUT2D eigenvalue weighted by atomic mass is 35.5. The van der Waals surface area contributed by atoms with E-state index in [1.807, 2.05) is 0 Å². The monoisotopic (exact) mass is 369 g/mol. The van der Waals surface area contributed by atoms with Crippen LogP contribution in [0.5, 0.6) is 5.75 Å². The fourth-order valence-electron chi connectivity index (χ4n) is 2.89. The lowest BCUT2D eigenvalue weighted by atomic mass is 9.85. The third kappa shape index (κ3) is 7.32. The van der Waals surface area contributed by atoms with E-state index in [0.29, 0.717) is 24.0 Å². The topological polar surface area (TPSA) is 79.5 Å². The van der Waals surface area contributed by atoms with Gasteiger partial charge in [0.2, 0.25) is 5.91 Å². The lowest BCUT2D eigenvalue weighted by Gasteiger charge is -2.28. The van der Waals surface area contributed by atoms with E-state index in [1.54, 1.807) is 31.3 Å². The fourth-order valence-corrected chi connectivity index (χ4v) is 2.89. The first-order chi connectivity index (χ1) is 11.6. The molecule has 1 heterocycles. The van der Waals surface area contributed by atoms with Gasteiger partial charge in [-0.05, 0) is 62.0 Å². The number of rotatable bonds is 7. The highest BCUT2D eigenvalue weighted by molar-refractivity contribution is 5.90. The normalized spacial score (nSPS) is 17.8. The number of amides is 2. The predicted octanol–water partition coefficient (Wildman–Crippen LogP) is 2.20. The van der Waals surface area contributed by atoms with Crippen molar-refractivity contribution in [2.75, 3.05) is 32.1 Å². The predicted molar refractivity (Wildman–Crippen MR) is 101 cm³/mol. The van der Waals surface area contributed by atoms with E-state index in [1.165, 1.54) is 12.8 Å². The number of likely N-dealkylation sites (N-methyl/N-ethyl adjacent to an activating group) is 1. The molecule has 2 atom stereocenters. The van der Waals surface area contributed by atoms with Crippen molar-refractivity contribution in [1.82, 2.24) is 10.6 Å². The first kappa shape index (κ1) is 21.3. The Morgan fingerprint density at radius 2 is 2.00 bits per heavy atom. The van der Waals surface area contributed by atoms with Crippen LogP contribution < -0.4 is 20.7 Å². The van der Waals surface area contributed by atoms with Gasteiger partial charge in [0.1, 0.15) is 5.75 Å². The Balaban J connectivity index is 0.00000312. The molecule has 1 saturated heterocycles. The van der Waals surface area contributed by atoms with E-state index in [0.717, 1.165) is 18.8 Å². The van der Waals surface area contributed by atoms with Gasteiger partial charge in [-0.25, -0.2) is 0 Å². The van der Waals surface area contributed by atoms with Crippen molar-refractivity contribution in [2.45, 2.75) is 26.2 Å². The Bertz CT molecular complexity index is 545. The average molecular weight is 370 g/mol. The first-order valence-electron chi connectivity index (χ1n) is 8.52. The summed E-state index contributed by atoms with van der Waals surface area (Å²) in [4.78, 5) is 23.3. The minimum Gasteiger partial charge on any atom is -0.484 e. The molecule has 2 unspecified atom stereocenters. The number of hydrogen-bond acceptors (Lipinski definition) is 4. The molecule has 0 bridgehead atoms. The van der Waals surface area contributed by atoms with Gasteiger partial charge in [-0.3, -0.25) is 9.59 Å². The fraction of sp³-hybridized carbons (Fsp3) is 0.556. The smallest absolute Gasteiger partial charge is 0.257 e. The SMILES string of the molecule is CNC(=O)COc1ccc(NC(=O)CC(C)C2CCCNC2)cc1.Cl. The second-order valence-corrected chi connectivity index (χ2v) is 6.32. The maximum atomic E-state index is 12.2. The molecule has 3 N–H and O–H groups in total. The van der Waals surface area contributed by atoms with Crippen LogP contribution in [0.25, 0.3) is 0 Å². The average Bonchev–Trinajstić information content (AvgIpc) is 2.61. The van der Waals surface area contributed by atoms with Gasteiger partial charge in [0.05, 0.1) is 0 Å². The van der Waals surface area contributed by atoms with Crippen LogP contribution in [0.15, 0.2) is 24.3 Å². The molecule has 7 heteroatoms. The molecular formula is C18H28ClN3O3. The van der Waals surface area contributed by atoms with E-state index in [2.05, 4.69) is 22.9 Å². The van der Waals surface area contributed by atoms with Crippen molar-refractivity contribution in [3.8, 4) is 5.75 Å². The van der Waals surface area contributed by atoms with Crippen molar-refractivity contribution < 1.29 is 14.3 Å². The van der Waals surface area contributed by atoms with E-state index < -0.39 is 0 Å². The highest BCUT2D eigenvalue weighted by Gasteiger charge is 2.22. The zero-order chi connectivity index (χ0) is 17.4. The summed E-state index contributed by atoms with van der Waals surface area (Å²) in [7, 11) is 1.56. The second-order valence-electron chi connectivity index (χ2n) is 6.32. The Hall–Kier alpha value is -1.79. The number of benzene rings is 1. The number of hydrogen-bond donors (Lipinski definition) is 3. The maximum Gasteiger partial charge on any atom is 0.257 e. The molecule has 0 radical (unpaired) electrons. The first-order valence-corrected chi connectivity index (χ1v) is 8.52. The van der Waals surface area contributed by atoms with Gasteiger partial charge in [-0.2, -0.15) is 0 Å². The van der Waals surface area contributed by atoms with E-state index in [-0.39, 0.29) is 30.8 Å². The standard InChI is InChI=1S/C18H27N3O3.ClH/c1-13(14-4-3-9-20-11-14)10-17(22)21-15-5-7-16(8-6-15)24-12-18(23)19-2;/h5-8,13-14,20H,3-4,9-12H2,1-2H3,(H,19,23)(H,21,22);1H. The number of halogens is 1. The lowest BCUT2D eigenvalue weighted by Crippen LogP contribution is -2.34. The number of ether oxygens (including phenoxy) is 1. The quantitative estimate of drug-likeness (QED) is 0.688. The highest BCUT2D eigenvalue weighted by Crippen LogP contribution is 2.23. The molecule has 1 aliphatic heterocycles. The van der Waals surface area contributed by atoms with Gasteiger partial charge in [0.15, 0.2) is 6.61 Å². The summed E-state index contributed by atoms with van der Waals surface area (Å²) in [6.45, 7) is 4.22. The van der Waals surface area contributed by atoms with E-state index >= 15 is 0 Å². The largest absolute Gasteiger partial charge is 0.484 e. The number of nitrogens with one attached hydrogen (secondary N) is 3. The van der Waals surface area contributed by atoms with Crippen molar-refractivity contribution in [3.63, 3.8) is 0 Å². The summed E-state index contributed by atoms with van der Waals surface area (Å²) in [5, 5.41) is 8.81. The maximum absolute atomic E-state index is 12.2.